The van der Waals surface area contributed by atoms with Crippen molar-refractivity contribution in [2.24, 2.45) is 0 Å². The van der Waals surface area contributed by atoms with Gasteiger partial charge in [0.15, 0.2) is 0 Å². The van der Waals surface area contributed by atoms with Crippen LogP contribution in [0.2, 0.25) is 0 Å². The number of nitrogens with zero attached hydrogens (tertiary/aromatic N) is 2. The molecule has 134 valence electrons. The molecular formula is C22H24N2O2. The average molecular weight is 348 g/mol. The average Bonchev–Trinajstić information content (AvgIpc) is 2.72. The SMILES string of the molecule is COc1ccc(CCc2ccnc(CCc3ccc(OC)cc3)n2)cc1. The number of aromatic nitrogens is 2. The van der Waals surface area contributed by atoms with E-state index in [1.165, 1.54) is 11.1 Å². The maximum atomic E-state index is 5.20. The Hall–Kier alpha value is -2.88. The van der Waals surface area contributed by atoms with Crippen LogP contribution < -0.4 is 9.47 Å². The van der Waals surface area contributed by atoms with Gasteiger partial charge in [-0.15, -0.1) is 0 Å². The zero-order chi connectivity index (χ0) is 18.2. The van der Waals surface area contributed by atoms with Crippen LogP contribution in [-0.4, -0.2) is 24.2 Å². The zero-order valence-electron chi connectivity index (χ0n) is 15.3. The number of aryl methyl sites for hydroxylation is 4. The van der Waals surface area contributed by atoms with Crippen molar-refractivity contribution in [1.82, 2.24) is 9.97 Å². The summed E-state index contributed by atoms with van der Waals surface area (Å²) in [6.07, 6.45) is 5.48. The Morgan fingerprint density at radius 1 is 0.654 bits per heavy atom. The van der Waals surface area contributed by atoms with Gasteiger partial charge in [0.1, 0.15) is 17.3 Å². The van der Waals surface area contributed by atoms with Crippen LogP contribution >= 0.6 is 0 Å². The summed E-state index contributed by atoms with van der Waals surface area (Å²) in [6.45, 7) is 0. The molecule has 0 bridgehead atoms. The summed E-state index contributed by atoms with van der Waals surface area (Å²) >= 11 is 0. The molecule has 4 nitrogen and oxygen atoms in total. The van der Waals surface area contributed by atoms with Gasteiger partial charge < -0.3 is 9.47 Å². The Morgan fingerprint density at radius 2 is 1.19 bits per heavy atom. The maximum Gasteiger partial charge on any atom is 0.128 e. The molecule has 1 heterocycles. The molecule has 0 fully saturated rings. The van der Waals surface area contributed by atoms with Gasteiger partial charge in [0.05, 0.1) is 14.2 Å². The number of hydrogen-bond donors (Lipinski definition) is 0. The Bertz CT molecular complexity index is 748. The van der Waals surface area contributed by atoms with Crippen molar-refractivity contribution < 1.29 is 9.47 Å². The molecule has 0 aliphatic heterocycles. The molecule has 0 aliphatic rings. The van der Waals surface area contributed by atoms with Crippen molar-refractivity contribution in [3.05, 3.63) is 83.4 Å². The first kappa shape index (κ1) is 17.9. The van der Waals surface area contributed by atoms with Crippen LogP contribution in [-0.2, 0) is 25.7 Å². The molecular weight excluding hydrogens is 324 g/mol. The largest absolute Gasteiger partial charge is 0.497 e. The molecule has 0 saturated carbocycles. The Labute approximate surface area is 154 Å². The third-order valence-corrected chi connectivity index (χ3v) is 4.39. The number of rotatable bonds is 8. The van der Waals surface area contributed by atoms with E-state index in [0.29, 0.717) is 0 Å². The van der Waals surface area contributed by atoms with Crippen molar-refractivity contribution >= 4 is 0 Å². The highest BCUT2D eigenvalue weighted by Crippen LogP contribution is 2.14. The molecule has 0 spiro atoms. The Morgan fingerprint density at radius 3 is 1.73 bits per heavy atom. The van der Waals surface area contributed by atoms with Gasteiger partial charge in [-0.2, -0.15) is 0 Å². The molecule has 0 amide bonds. The van der Waals surface area contributed by atoms with Gasteiger partial charge in [0.2, 0.25) is 0 Å². The highest BCUT2D eigenvalue weighted by molar-refractivity contribution is 5.28. The molecule has 0 unspecified atom stereocenters. The molecule has 26 heavy (non-hydrogen) atoms. The summed E-state index contributed by atoms with van der Waals surface area (Å²) in [5, 5.41) is 0. The minimum Gasteiger partial charge on any atom is -0.497 e. The first-order valence-electron chi connectivity index (χ1n) is 8.83. The number of benzene rings is 2. The monoisotopic (exact) mass is 348 g/mol. The van der Waals surface area contributed by atoms with Crippen molar-refractivity contribution in [1.29, 1.82) is 0 Å². The van der Waals surface area contributed by atoms with E-state index >= 15 is 0 Å². The van der Waals surface area contributed by atoms with Crippen LogP contribution in [0, 0.1) is 0 Å². The minimum absolute atomic E-state index is 0.836. The predicted octanol–water partition coefficient (Wildman–Crippen LogP) is 4.06. The fourth-order valence-electron chi connectivity index (χ4n) is 2.81. The first-order valence-corrected chi connectivity index (χ1v) is 8.83. The molecule has 4 heteroatoms. The number of hydrogen-bond acceptors (Lipinski definition) is 4. The lowest BCUT2D eigenvalue weighted by molar-refractivity contribution is 0.414. The van der Waals surface area contributed by atoms with Crippen LogP contribution in [0.15, 0.2) is 60.8 Å². The lowest BCUT2D eigenvalue weighted by Gasteiger charge is -2.06. The highest BCUT2D eigenvalue weighted by atomic mass is 16.5. The molecule has 0 N–H and O–H groups in total. The summed E-state index contributed by atoms with van der Waals surface area (Å²) in [7, 11) is 3.36. The lowest BCUT2D eigenvalue weighted by Crippen LogP contribution is -2.02. The minimum atomic E-state index is 0.836. The van der Waals surface area contributed by atoms with Crippen LogP contribution in [0.3, 0.4) is 0 Å². The van der Waals surface area contributed by atoms with Gasteiger partial charge in [0.25, 0.3) is 0 Å². The zero-order valence-corrected chi connectivity index (χ0v) is 15.3. The van der Waals surface area contributed by atoms with Crippen molar-refractivity contribution in [2.75, 3.05) is 14.2 Å². The topological polar surface area (TPSA) is 44.2 Å². The third kappa shape index (κ3) is 5.06. The summed E-state index contributed by atoms with van der Waals surface area (Å²) in [4.78, 5) is 9.12. The van der Waals surface area contributed by atoms with E-state index in [9.17, 15) is 0 Å². The van der Waals surface area contributed by atoms with E-state index < -0.39 is 0 Å². The van der Waals surface area contributed by atoms with Gasteiger partial charge in [0, 0.05) is 18.3 Å². The van der Waals surface area contributed by atoms with Gasteiger partial charge >= 0.3 is 0 Å². The number of methoxy groups -OCH3 is 2. The molecule has 0 saturated heterocycles. The normalized spacial score (nSPS) is 10.5. The van der Waals surface area contributed by atoms with Gasteiger partial charge in [-0.25, -0.2) is 9.97 Å². The third-order valence-electron chi connectivity index (χ3n) is 4.39. The van der Waals surface area contributed by atoms with Crippen LogP contribution in [0.5, 0.6) is 11.5 Å². The fraction of sp³-hybridized carbons (Fsp3) is 0.273. The van der Waals surface area contributed by atoms with Crippen molar-refractivity contribution in [3.8, 4) is 11.5 Å². The second kappa shape index (κ2) is 8.99. The summed E-state index contributed by atoms with van der Waals surface area (Å²) in [5.74, 6) is 2.66. The summed E-state index contributed by atoms with van der Waals surface area (Å²) in [5.41, 5.74) is 3.63. The maximum absolute atomic E-state index is 5.20. The van der Waals surface area contributed by atoms with Crippen LogP contribution in [0.1, 0.15) is 22.6 Å². The van der Waals surface area contributed by atoms with E-state index in [4.69, 9.17) is 14.5 Å². The van der Waals surface area contributed by atoms with Crippen molar-refractivity contribution in [2.45, 2.75) is 25.7 Å². The molecule has 0 atom stereocenters. The molecule has 3 aromatic rings. The van der Waals surface area contributed by atoms with E-state index in [1.54, 1.807) is 14.2 Å². The molecule has 1 aromatic heterocycles. The molecule has 3 rings (SSSR count). The molecule has 0 aliphatic carbocycles. The molecule has 0 radical (unpaired) electrons. The summed E-state index contributed by atoms with van der Waals surface area (Å²) < 4.78 is 10.4. The van der Waals surface area contributed by atoms with Gasteiger partial charge in [-0.05, 0) is 60.7 Å². The second-order valence-electron chi connectivity index (χ2n) is 6.16. The van der Waals surface area contributed by atoms with Crippen LogP contribution in [0.4, 0.5) is 0 Å². The summed E-state index contributed by atoms with van der Waals surface area (Å²) in [6, 6.07) is 18.3. The quantitative estimate of drug-likeness (QED) is 0.616. The van der Waals surface area contributed by atoms with E-state index in [2.05, 4.69) is 29.2 Å². The second-order valence-corrected chi connectivity index (χ2v) is 6.16. The lowest BCUT2D eigenvalue weighted by atomic mass is 10.1. The first-order chi connectivity index (χ1) is 12.8. The Balaban J connectivity index is 1.55. The van der Waals surface area contributed by atoms with Gasteiger partial charge in [-0.3, -0.25) is 0 Å². The smallest absolute Gasteiger partial charge is 0.128 e. The molecule has 2 aromatic carbocycles. The Kier molecular flexibility index (Phi) is 6.20. The highest BCUT2D eigenvalue weighted by Gasteiger charge is 2.03. The van der Waals surface area contributed by atoms with Gasteiger partial charge in [-0.1, -0.05) is 24.3 Å². The number of ether oxygens (including phenoxy) is 2. The van der Waals surface area contributed by atoms with E-state index in [0.717, 1.165) is 48.7 Å². The van der Waals surface area contributed by atoms with Crippen molar-refractivity contribution in [3.63, 3.8) is 0 Å². The van der Waals surface area contributed by atoms with E-state index in [-0.39, 0.29) is 0 Å². The standard InChI is InChI=1S/C22H24N2O2/c1-25-20-10-4-17(5-11-20)3-9-19-15-16-23-22(24-19)14-8-18-6-12-21(26-2)13-7-18/h4-7,10-13,15-16H,3,8-9,14H2,1-2H3. The fourth-order valence-corrected chi connectivity index (χ4v) is 2.81. The van der Waals surface area contributed by atoms with E-state index in [1.807, 2.05) is 36.5 Å². The predicted molar refractivity (Wildman–Crippen MR) is 103 cm³/mol. The van der Waals surface area contributed by atoms with Crippen LogP contribution in [0.25, 0.3) is 0 Å².